The van der Waals surface area contributed by atoms with Gasteiger partial charge in [0.25, 0.3) is 11.6 Å². The van der Waals surface area contributed by atoms with Crippen molar-refractivity contribution < 1.29 is 34.1 Å². The molecule has 1 unspecified atom stereocenters. The van der Waals surface area contributed by atoms with Crippen molar-refractivity contribution in [2.75, 3.05) is 30.1 Å². The minimum atomic E-state index is -1.72. The van der Waals surface area contributed by atoms with Crippen LogP contribution in [0.4, 0.5) is 0 Å². The molecule has 0 aromatic carbocycles. The Bertz CT molecular complexity index is 1010. The van der Waals surface area contributed by atoms with Gasteiger partial charge in [0.15, 0.2) is 0 Å². The Morgan fingerprint density at radius 2 is 2.12 bits per heavy atom. The van der Waals surface area contributed by atoms with Gasteiger partial charge in [0.1, 0.15) is 17.1 Å². The predicted octanol–water partition coefficient (Wildman–Crippen LogP) is -2.49. The molecule has 34 heavy (non-hydrogen) atoms. The van der Waals surface area contributed by atoms with Gasteiger partial charge < -0.3 is 26.0 Å². The summed E-state index contributed by atoms with van der Waals surface area (Å²) in [6.07, 6.45) is 0. The summed E-state index contributed by atoms with van der Waals surface area (Å²) in [5.74, 6) is -3.32. The van der Waals surface area contributed by atoms with Crippen LogP contribution in [0.25, 0.3) is 0 Å². The average Bonchev–Trinajstić information content (AvgIpc) is 3.19. The number of aromatic nitrogens is 4. The van der Waals surface area contributed by atoms with E-state index >= 15 is 0 Å². The average molecular weight is 560 g/mol. The van der Waals surface area contributed by atoms with E-state index in [4.69, 9.17) is 15.6 Å². The number of amides is 2. The molecule has 5 N–H and O–H groups in total. The number of carboxylic acids is 2. The van der Waals surface area contributed by atoms with Gasteiger partial charge in [-0.25, -0.2) is 9.48 Å². The Kier molecular flexibility index (Phi) is 10.9. The number of nitrogens with zero attached hydrogens (tertiary/aromatic N) is 5. The van der Waals surface area contributed by atoms with Crippen molar-refractivity contribution in [3.63, 3.8) is 0 Å². The predicted molar refractivity (Wildman–Crippen MR) is 125 cm³/mol. The number of ether oxygens (including phenoxy) is 1. The van der Waals surface area contributed by atoms with E-state index in [2.05, 4.69) is 20.8 Å². The van der Waals surface area contributed by atoms with Gasteiger partial charge in [-0.1, -0.05) is 11.8 Å². The summed E-state index contributed by atoms with van der Waals surface area (Å²) in [5.41, 5.74) is 4.05. The first-order chi connectivity index (χ1) is 15.6. The quantitative estimate of drug-likeness (QED) is 0.0959. The zero-order chi connectivity index (χ0) is 24.3. The van der Waals surface area contributed by atoms with Crippen LogP contribution in [0.1, 0.15) is 0 Å². The number of hydrogen-bond acceptors (Lipinski definition) is 12. The first-order valence-electron chi connectivity index (χ1n) is 9.30. The Morgan fingerprint density at radius 1 is 1.41 bits per heavy atom. The molecule has 1 saturated heterocycles. The van der Waals surface area contributed by atoms with Crippen molar-refractivity contribution in [2.24, 2.45) is 12.8 Å². The number of aliphatic carboxylic acids is 2. The molecule has 0 bridgehead atoms. The monoisotopic (exact) mass is 559 g/mol. The molecule has 1 aromatic heterocycles. The van der Waals surface area contributed by atoms with E-state index in [1.165, 1.54) is 35.3 Å². The molecule has 3 atom stereocenters. The van der Waals surface area contributed by atoms with Gasteiger partial charge in [-0.2, -0.15) is 0 Å². The first-order valence-corrected chi connectivity index (χ1v) is 12.5. The van der Waals surface area contributed by atoms with Gasteiger partial charge in [-0.3, -0.25) is 19.3 Å². The van der Waals surface area contributed by atoms with Crippen LogP contribution in [0.5, 0.6) is 0 Å². The van der Waals surface area contributed by atoms with Crippen molar-refractivity contribution in [1.29, 1.82) is 0 Å². The fourth-order valence-corrected chi connectivity index (χ4v) is 6.34. The van der Waals surface area contributed by atoms with Crippen molar-refractivity contribution in [1.82, 2.24) is 30.4 Å². The Labute approximate surface area is 248 Å². The molecule has 3 rings (SSSR count). The third-order valence-corrected chi connectivity index (χ3v) is 8.30. The Balaban J connectivity index is 0.00000408. The summed E-state index contributed by atoms with van der Waals surface area (Å²) in [7, 11) is 2.91. The maximum absolute atomic E-state index is 13.0. The fourth-order valence-electron chi connectivity index (χ4n) is 3.14. The number of hydrogen-bond donors (Lipinski definition) is 4. The molecule has 182 valence electrons. The van der Waals surface area contributed by atoms with Crippen LogP contribution in [-0.4, -0.2) is 158 Å². The SMILES string of the molecule is CO[C@@]1(NC(=O)CSCC(N)C(=O)O)C(=O)N2C(C(=O)O)=C(CSc3nnnn3C)CS[C@@H]21.[KH]. The van der Waals surface area contributed by atoms with Gasteiger partial charge in [0.05, 0.1) is 5.75 Å². The Hall–Kier alpha value is -0.704. The summed E-state index contributed by atoms with van der Waals surface area (Å²) in [6, 6.07) is -1.12. The van der Waals surface area contributed by atoms with Crippen molar-refractivity contribution in [2.45, 2.75) is 22.3 Å². The van der Waals surface area contributed by atoms with Gasteiger partial charge in [-0.15, -0.1) is 28.6 Å². The number of thioether (sulfide) groups is 3. The molecule has 14 nitrogen and oxygen atoms in total. The van der Waals surface area contributed by atoms with Crippen LogP contribution in [0.3, 0.4) is 0 Å². The number of carbonyl (C=O) groups is 4. The molecule has 0 radical (unpaired) electrons. The second-order valence-corrected chi connectivity index (χ2v) is 9.96. The number of nitrogens with one attached hydrogen (secondary N) is 1. The van der Waals surface area contributed by atoms with E-state index in [0.29, 0.717) is 10.7 Å². The second-order valence-electron chi connectivity index (χ2n) is 6.92. The normalized spacial score (nSPS) is 22.4. The summed E-state index contributed by atoms with van der Waals surface area (Å²) in [4.78, 5) is 49.3. The molecule has 2 amide bonds. The van der Waals surface area contributed by atoms with Crippen LogP contribution in [-0.2, 0) is 31.0 Å². The van der Waals surface area contributed by atoms with Crippen molar-refractivity contribution >= 4 is 110 Å². The number of methoxy groups -OCH3 is 1. The molecule has 3 heterocycles. The van der Waals surface area contributed by atoms with Gasteiger partial charge in [-0.05, 0) is 16.0 Å². The zero-order valence-corrected chi connectivity index (χ0v) is 19.9. The molecule has 0 aliphatic carbocycles. The Morgan fingerprint density at radius 3 is 2.68 bits per heavy atom. The summed E-state index contributed by atoms with van der Waals surface area (Å²) < 4.78 is 6.82. The minimum absolute atomic E-state index is 0. The van der Waals surface area contributed by atoms with E-state index < -0.39 is 40.9 Å². The second kappa shape index (κ2) is 12.5. The van der Waals surface area contributed by atoms with E-state index in [-0.39, 0.29) is 80.1 Å². The van der Waals surface area contributed by atoms with Gasteiger partial charge in [0.2, 0.25) is 11.1 Å². The van der Waals surface area contributed by atoms with E-state index in [1.54, 1.807) is 7.05 Å². The molecule has 2 aliphatic rings. The summed E-state index contributed by atoms with van der Waals surface area (Å²) in [5, 5.41) is 31.9. The maximum atomic E-state index is 13.0. The van der Waals surface area contributed by atoms with Crippen LogP contribution in [0.15, 0.2) is 16.4 Å². The number of tetrazole rings is 1. The van der Waals surface area contributed by atoms with Crippen molar-refractivity contribution in [3.05, 3.63) is 11.3 Å². The van der Waals surface area contributed by atoms with Crippen molar-refractivity contribution in [3.8, 4) is 0 Å². The molecule has 1 aromatic rings. The number of carbonyl (C=O) groups excluding carboxylic acids is 2. The fraction of sp³-hybridized carbons (Fsp3) is 0.562. The summed E-state index contributed by atoms with van der Waals surface area (Å²) in [6.45, 7) is 0. The third kappa shape index (κ3) is 5.98. The van der Waals surface area contributed by atoms with Gasteiger partial charge in [0, 0.05) is 31.4 Å². The number of fused-ring (bicyclic) bond motifs is 1. The molecule has 0 spiro atoms. The number of aryl methyl sites for hydroxylation is 1. The number of carboxylic acid groups (broad SMARTS) is 2. The first kappa shape index (κ1) is 29.5. The number of rotatable bonds is 11. The molecular formula is C16H22KN7O7S3. The van der Waals surface area contributed by atoms with E-state index in [0.717, 1.165) is 16.7 Å². The van der Waals surface area contributed by atoms with Crippen LogP contribution >= 0.6 is 35.3 Å². The molecular weight excluding hydrogens is 538 g/mol. The molecule has 1 fully saturated rings. The molecule has 2 aliphatic heterocycles. The topological polar surface area (TPSA) is 203 Å². The third-order valence-electron chi connectivity index (χ3n) is 4.76. The molecule has 18 heteroatoms. The van der Waals surface area contributed by atoms with Crippen LogP contribution in [0, 0.1) is 0 Å². The molecule has 0 saturated carbocycles. The zero-order valence-electron chi connectivity index (χ0n) is 17.5. The standard InChI is InChI=1S/C16H21N7O7S3.K.H/c1-22-15(19-20-21-22)33-4-7-3-32-14-16(30-2,13(29)23(14)10(7)12(27)28)18-9(24)6-31-5-8(17)11(25)26;;/h8,14H,3-6,17H2,1-2H3,(H,18,24)(H,25,26)(H,27,28);;/t8?,14-,16+;;/m1../s1. The van der Waals surface area contributed by atoms with Crippen LogP contribution in [0.2, 0.25) is 0 Å². The van der Waals surface area contributed by atoms with Crippen LogP contribution < -0.4 is 11.1 Å². The summed E-state index contributed by atoms with van der Waals surface area (Å²) >= 11 is 3.50. The number of nitrogens with two attached hydrogens (primary N) is 1. The van der Waals surface area contributed by atoms with E-state index in [1.807, 2.05) is 0 Å². The van der Waals surface area contributed by atoms with E-state index in [9.17, 15) is 24.3 Å². The number of β-lactam (4-membered cyclic amide) rings is 1. The van der Waals surface area contributed by atoms with Gasteiger partial charge >= 0.3 is 63.3 Å².